The molecule has 2 aromatic carbocycles. The fourth-order valence-corrected chi connectivity index (χ4v) is 3.77. The normalized spacial score (nSPS) is 11.2. The Morgan fingerprint density at radius 2 is 1.75 bits per heavy atom. The van der Waals surface area contributed by atoms with Gasteiger partial charge in [0.2, 0.25) is 10.0 Å². The van der Waals surface area contributed by atoms with E-state index in [9.17, 15) is 13.2 Å². The molecule has 0 atom stereocenters. The van der Waals surface area contributed by atoms with Crippen LogP contribution in [0.1, 0.15) is 24.2 Å². The Labute approximate surface area is 166 Å². The lowest BCUT2D eigenvalue weighted by Gasteiger charge is -2.21. The second-order valence-electron chi connectivity index (χ2n) is 6.09. The molecule has 28 heavy (non-hydrogen) atoms. The van der Waals surface area contributed by atoms with E-state index in [0.29, 0.717) is 5.69 Å². The number of carbonyl (C=O) groups is 1. The summed E-state index contributed by atoms with van der Waals surface area (Å²) < 4.78 is 31.9. The molecule has 0 bridgehead atoms. The average Bonchev–Trinajstić information content (AvgIpc) is 2.70. The third-order valence-electron chi connectivity index (χ3n) is 4.26. The zero-order valence-electron chi connectivity index (χ0n) is 16.4. The van der Waals surface area contributed by atoms with E-state index in [2.05, 4.69) is 28.8 Å². The number of sulfonamides is 1. The number of nitrogens with zero attached hydrogens (tertiary/aromatic N) is 1. The molecular weight excluding hydrogens is 378 g/mol. The van der Waals surface area contributed by atoms with Crippen molar-refractivity contribution in [2.45, 2.75) is 18.7 Å². The quantitative estimate of drug-likeness (QED) is 0.594. The lowest BCUT2D eigenvalue weighted by molar-refractivity contribution is 0.102. The number of amides is 1. The summed E-state index contributed by atoms with van der Waals surface area (Å²) in [6.45, 7) is 6.41. The minimum atomic E-state index is -3.70. The third kappa shape index (κ3) is 5.79. The Morgan fingerprint density at radius 3 is 2.36 bits per heavy atom. The van der Waals surface area contributed by atoms with Gasteiger partial charge in [-0.25, -0.2) is 13.1 Å². The number of nitrogens with one attached hydrogen (secondary N) is 2. The van der Waals surface area contributed by atoms with Crippen molar-refractivity contribution in [1.29, 1.82) is 0 Å². The van der Waals surface area contributed by atoms with Gasteiger partial charge in [0, 0.05) is 43.7 Å². The van der Waals surface area contributed by atoms with Gasteiger partial charge >= 0.3 is 0 Å². The van der Waals surface area contributed by atoms with Crippen LogP contribution in [-0.2, 0) is 14.8 Å². The highest BCUT2D eigenvalue weighted by atomic mass is 32.2. The number of anilines is 2. The molecule has 8 heteroatoms. The zero-order valence-corrected chi connectivity index (χ0v) is 17.3. The van der Waals surface area contributed by atoms with Gasteiger partial charge in [-0.1, -0.05) is 6.07 Å². The maximum Gasteiger partial charge on any atom is 0.255 e. The Kier molecular flexibility index (Phi) is 7.98. The monoisotopic (exact) mass is 405 g/mol. The van der Waals surface area contributed by atoms with E-state index in [1.807, 2.05) is 24.3 Å². The molecule has 0 aliphatic heterocycles. The van der Waals surface area contributed by atoms with E-state index in [4.69, 9.17) is 4.74 Å². The van der Waals surface area contributed by atoms with Crippen molar-refractivity contribution in [2.24, 2.45) is 0 Å². The maximum absolute atomic E-state index is 12.5. The fourth-order valence-electron chi connectivity index (χ4n) is 2.71. The van der Waals surface area contributed by atoms with Crippen LogP contribution in [0.15, 0.2) is 53.4 Å². The van der Waals surface area contributed by atoms with Crippen molar-refractivity contribution in [3.63, 3.8) is 0 Å². The Morgan fingerprint density at radius 1 is 1.07 bits per heavy atom. The molecule has 0 saturated carbocycles. The molecule has 0 spiro atoms. The first-order valence-electron chi connectivity index (χ1n) is 9.16. The number of ether oxygens (including phenoxy) is 1. The lowest BCUT2D eigenvalue weighted by Crippen LogP contribution is -2.27. The first-order valence-corrected chi connectivity index (χ1v) is 10.6. The Balaban J connectivity index is 2.10. The van der Waals surface area contributed by atoms with E-state index >= 15 is 0 Å². The van der Waals surface area contributed by atoms with Gasteiger partial charge in [0.05, 0.1) is 11.5 Å². The summed E-state index contributed by atoms with van der Waals surface area (Å²) in [6, 6.07) is 13.5. The molecule has 1 amide bonds. The van der Waals surface area contributed by atoms with Crippen molar-refractivity contribution in [3.05, 3.63) is 54.1 Å². The van der Waals surface area contributed by atoms with Gasteiger partial charge in [-0.2, -0.15) is 0 Å². The molecule has 0 heterocycles. The predicted octanol–water partition coefficient (Wildman–Crippen LogP) is 2.71. The summed E-state index contributed by atoms with van der Waals surface area (Å²) in [7, 11) is -2.20. The van der Waals surface area contributed by atoms with Crippen LogP contribution in [0.5, 0.6) is 0 Å². The minimum absolute atomic E-state index is 0.0353. The van der Waals surface area contributed by atoms with Crippen molar-refractivity contribution < 1.29 is 17.9 Å². The van der Waals surface area contributed by atoms with E-state index in [0.717, 1.165) is 18.8 Å². The topological polar surface area (TPSA) is 87.7 Å². The number of hydrogen-bond donors (Lipinski definition) is 2. The highest BCUT2D eigenvalue weighted by molar-refractivity contribution is 7.89. The van der Waals surface area contributed by atoms with Crippen molar-refractivity contribution in [2.75, 3.05) is 43.6 Å². The zero-order chi connectivity index (χ0) is 20.6. The van der Waals surface area contributed by atoms with Crippen molar-refractivity contribution in [3.8, 4) is 0 Å². The molecule has 0 aliphatic rings. The molecule has 2 N–H and O–H groups in total. The molecule has 0 saturated heterocycles. The second kappa shape index (κ2) is 10.2. The molecule has 2 aromatic rings. The van der Waals surface area contributed by atoms with Crippen LogP contribution in [0.3, 0.4) is 0 Å². The summed E-state index contributed by atoms with van der Waals surface area (Å²) in [4.78, 5) is 14.8. The molecule has 2 rings (SSSR count). The Bertz CT molecular complexity index is 879. The van der Waals surface area contributed by atoms with Crippen molar-refractivity contribution >= 4 is 27.3 Å². The maximum atomic E-state index is 12.5. The van der Waals surface area contributed by atoms with E-state index < -0.39 is 10.0 Å². The minimum Gasteiger partial charge on any atom is -0.383 e. The number of methoxy groups -OCH3 is 1. The van der Waals surface area contributed by atoms with E-state index in [1.54, 1.807) is 12.1 Å². The molecule has 0 unspecified atom stereocenters. The number of carbonyl (C=O) groups excluding carboxylic acids is 1. The molecule has 152 valence electrons. The summed E-state index contributed by atoms with van der Waals surface area (Å²) in [5, 5.41) is 2.80. The summed E-state index contributed by atoms with van der Waals surface area (Å²) in [6.07, 6.45) is 0. The van der Waals surface area contributed by atoms with Gasteiger partial charge < -0.3 is 15.0 Å². The van der Waals surface area contributed by atoms with Crippen LogP contribution < -0.4 is 14.9 Å². The van der Waals surface area contributed by atoms with Crippen LogP contribution in [0.25, 0.3) is 0 Å². The smallest absolute Gasteiger partial charge is 0.255 e. The first kappa shape index (κ1) is 21.9. The van der Waals surface area contributed by atoms with Crippen LogP contribution in [0.2, 0.25) is 0 Å². The van der Waals surface area contributed by atoms with Gasteiger partial charge in [-0.05, 0) is 56.3 Å². The number of benzene rings is 2. The largest absolute Gasteiger partial charge is 0.383 e. The van der Waals surface area contributed by atoms with Crippen LogP contribution in [0, 0.1) is 0 Å². The summed E-state index contributed by atoms with van der Waals surface area (Å²) in [5.74, 6) is -0.371. The number of rotatable bonds is 10. The molecule has 0 fully saturated rings. The number of hydrogen-bond acceptors (Lipinski definition) is 5. The molecule has 0 aromatic heterocycles. The summed E-state index contributed by atoms with van der Waals surface area (Å²) >= 11 is 0. The molecule has 0 aliphatic carbocycles. The van der Waals surface area contributed by atoms with Gasteiger partial charge in [-0.15, -0.1) is 0 Å². The van der Waals surface area contributed by atoms with Gasteiger partial charge in [0.1, 0.15) is 0 Å². The third-order valence-corrected chi connectivity index (χ3v) is 5.72. The van der Waals surface area contributed by atoms with Gasteiger partial charge in [0.15, 0.2) is 0 Å². The van der Waals surface area contributed by atoms with E-state index in [-0.39, 0.29) is 29.5 Å². The SMILES string of the molecule is CCN(CC)c1ccc(NC(=O)c2cccc(S(=O)(=O)NCCOC)c2)cc1. The highest BCUT2D eigenvalue weighted by Crippen LogP contribution is 2.19. The average molecular weight is 406 g/mol. The Hall–Kier alpha value is -2.42. The highest BCUT2D eigenvalue weighted by Gasteiger charge is 2.16. The predicted molar refractivity (Wildman–Crippen MR) is 111 cm³/mol. The lowest BCUT2D eigenvalue weighted by atomic mass is 10.2. The fraction of sp³-hybridized carbons (Fsp3) is 0.350. The standard InChI is InChI=1S/C20H27N3O4S/c1-4-23(5-2)18-11-9-17(10-12-18)22-20(24)16-7-6-8-19(15-16)28(25,26)21-13-14-27-3/h6-12,15,21H,4-5,13-14H2,1-3H3,(H,22,24). The summed E-state index contributed by atoms with van der Waals surface area (Å²) in [5.41, 5.74) is 1.99. The first-order chi connectivity index (χ1) is 13.4. The van der Waals surface area contributed by atoms with Gasteiger partial charge in [0.25, 0.3) is 5.91 Å². The molecular formula is C20H27N3O4S. The second-order valence-corrected chi connectivity index (χ2v) is 7.86. The molecule has 0 radical (unpaired) electrons. The van der Waals surface area contributed by atoms with Crippen LogP contribution in [0.4, 0.5) is 11.4 Å². The van der Waals surface area contributed by atoms with Crippen LogP contribution >= 0.6 is 0 Å². The van der Waals surface area contributed by atoms with Crippen molar-refractivity contribution in [1.82, 2.24) is 4.72 Å². The van der Waals surface area contributed by atoms with E-state index in [1.165, 1.54) is 19.2 Å². The van der Waals surface area contributed by atoms with Gasteiger partial charge in [-0.3, -0.25) is 4.79 Å². The van der Waals surface area contributed by atoms with Crippen LogP contribution in [-0.4, -0.2) is 47.7 Å². The molecule has 7 nitrogen and oxygen atoms in total.